The van der Waals surface area contributed by atoms with Gasteiger partial charge in [-0.05, 0) is 64.3 Å². The number of ether oxygens (including phenoxy) is 2. The zero-order valence-corrected chi connectivity index (χ0v) is 35.3. The molecule has 0 bridgehead atoms. The Labute approximate surface area is 340 Å². The quantitative estimate of drug-likeness (QED) is 0.0777. The van der Waals surface area contributed by atoms with Crippen molar-refractivity contribution in [1.29, 1.82) is 0 Å². The smallest absolute Gasteiger partial charge is 0.407 e. The lowest BCUT2D eigenvalue weighted by atomic mass is 9.98. The van der Waals surface area contributed by atoms with E-state index in [2.05, 4.69) is 105 Å². The van der Waals surface area contributed by atoms with E-state index in [1.807, 2.05) is 38.8 Å². The van der Waals surface area contributed by atoms with Crippen LogP contribution in [0.2, 0.25) is 13.1 Å². The third-order valence-corrected chi connectivity index (χ3v) is 12.2. The Morgan fingerprint density at radius 1 is 0.724 bits per heavy atom. The van der Waals surface area contributed by atoms with Gasteiger partial charge in [0, 0.05) is 12.1 Å². The van der Waals surface area contributed by atoms with E-state index in [4.69, 9.17) is 14.5 Å². The maximum Gasteiger partial charge on any atom is 0.407 e. The number of nitrogens with one attached hydrogen (secondary N) is 5. The predicted molar refractivity (Wildman–Crippen MR) is 225 cm³/mol. The number of fused-ring (bicyclic) bond motifs is 1. The zero-order valence-electron chi connectivity index (χ0n) is 34.3. The Balaban J connectivity index is 1.14. The molecule has 1 saturated heterocycles. The molecule has 0 aliphatic carbocycles. The Hall–Kier alpha value is -5.96. The van der Waals surface area contributed by atoms with Crippen molar-refractivity contribution in [2.75, 3.05) is 20.8 Å². The van der Waals surface area contributed by atoms with E-state index in [-0.39, 0.29) is 35.4 Å². The summed E-state index contributed by atoms with van der Waals surface area (Å²) in [5, 5.41) is 10.6. The number of imidazole rings is 2. The number of hydrogen-bond acceptors (Lipinski definition) is 8. The van der Waals surface area contributed by atoms with Gasteiger partial charge in [0.1, 0.15) is 23.7 Å². The normalized spacial score (nSPS) is 15.7. The van der Waals surface area contributed by atoms with Gasteiger partial charge in [0.15, 0.2) is 0 Å². The first-order valence-corrected chi connectivity index (χ1v) is 22.2. The molecule has 4 atom stereocenters. The molecule has 5 N–H and O–H groups in total. The van der Waals surface area contributed by atoms with Crippen LogP contribution in [0.25, 0.3) is 44.4 Å². The number of rotatable bonds is 13. The minimum absolute atomic E-state index is 0.107. The first-order valence-electron chi connectivity index (χ1n) is 19.6. The lowest BCUT2D eigenvalue weighted by molar-refractivity contribution is -0.135. The summed E-state index contributed by atoms with van der Waals surface area (Å²) < 4.78 is 9.49. The van der Waals surface area contributed by atoms with Crippen LogP contribution >= 0.6 is 0 Å². The Morgan fingerprint density at radius 2 is 1.28 bits per heavy atom. The molecule has 3 aromatic carbocycles. The molecule has 58 heavy (non-hydrogen) atoms. The maximum absolute atomic E-state index is 13.6. The van der Waals surface area contributed by atoms with Gasteiger partial charge in [-0.3, -0.25) is 9.59 Å². The number of methoxy groups -OCH3 is 2. The standard InChI is InChI=1S/C43H53N8O6Si/c1-24(2)35(48-42(54)56-5)39(52)50-40(58(7)8)38-45-22-32(47-38)27-13-11-26(12-14-27)28-15-16-30-21-31(18-17-29(30)20-28)33-23-44-37(46-33)34-10-9-19-51(34)41(53)36(25(3)4)49-43(55)57-6/h11-18,20-25,34-36,40H,9-10,19H2,1-8H3,(H,44,46)(H,45,47)(H,48,54)(H,49,55)(H,50,52)/t34-,35-,36-,40-/m0/s1. The minimum atomic E-state index is -1.08. The van der Waals surface area contributed by atoms with Gasteiger partial charge < -0.3 is 40.3 Å². The number of H-pyrrole nitrogens is 2. The summed E-state index contributed by atoms with van der Waals surface area (Å²) in [5.41, 5.74) is 5.52. The van der Waals surface area contributed by atoms with Crippen LogP contribution in [0.3, 0.4) is 0 Å². The third kappa shape index (κ3) is 9.25. The van der Waals surface area contributed by atoms with Crippen molar-refractivity contribution in [2.45, 2.75) is 77.4 Å². The second-order valence-electron chi connectivity index (χ2n) is 15.6. The Morgan fingerprint density at radius 3 is 1.90 bits per heavy atom. The molecule has 5 aromatic rings. The van der Waals surface area contributed by atoms with E-state index in [9.17, 15) is 19.2 Å². The van der Waals surface area contributed by atoms with Crippen LogP contribution in [0.4, 0.5) is 9.59 Å². The number of aromatic amines is 2. The Bertz CT molecular complexity index is 2250. The number of benzene rings is 3. The van der Waals surface area contributed by atoms with E-state index in [0.717, 1.165) is 63.1 Å². The van der Waals surface area contributed by atoms with Gasteiger partial charge in [-0.25, -0.2) is 19.6 Å². The van der Waals surface area contributed by atoms with E-state index >= 15 is 0 Å². The maximum atomic E-state index is 13.6. The second kappa shape index (κ2) is 18.1. The predicted octanol–water partition coefficient (Wildman–Crippen LogP) is 7.16. The van der Waals surface area contributed by atoms with Crippen LogP contribution in [-0.2, 0) is 19.1 Å². The number of amides is 4. The third-order valence-electron chi connectivity index (χ3n) is 10.7. The molecule has 0 saturated carbocycles. The number of carbonyl (C=O) groups excluding carboxylic acids is 4. The summed E-state index contributed by atoms with van der Waals surface area (Å²) >= 11 is 0. The fourth-order valence-electron chi connectivity index (χ4n) is 7.35. The lowest BCUT2D eigenvalue weighted by Crippen LogP contribution is -2.52. The van der Waals surface area contributed by atoms with Gasteiger partial charge in [0.2, 0.25) is 11.8 Å². The molecule has 1 fully saturated rings. The van der Waals surface area contributed by atoms with Crippen LogP contribution in [0.1, 0.15) is 63.9 Å². The molecule has 2 aromatic heterocycles. The van der Waals surface area contributed by atoms with Crippen molar-refractivity contribution in [3.63, 3.8) is 0 Å². The van der Waals surface area contributed by atoms with Crippen molar-refractivity contribution >= 4 is 43.6 Å². The monoisotopic (exact) mass is 805 g/mol. The SMILES string of the molecule is COC(=O)N[C@H](C(=O)N[C@H](c1ncc(-c2ccc(-c3ccc4cc(-c5cnc([C@@H]6CCCN6C(=O)[C@@H](NC(=O)OC)C(C)C)[nH]5)ccc4c3)cc2)[nH]1)[Si](C)C)C(C)C. The number of aromatic nitrogens is 4. The summed E-state index contributed by atoms with van der Waals surface area (Å²) in [6.07, 6.45) is 3.96. The highest BCUT2D eigenvalue weighted by molar-refractivity contribution is 6.57. The molecule has 4 amide bonds. The van der Waals surface area contributed by atoms with Crippen LogP contribution in [0.15, 0.2) is 73.1 Å². The average Bonchev–Trinajstić information content (AvgIpc) is 4.02. The van der Waals surface area contributed by atoms with Gasteiger partial charge in [-0.2, -0.15) is 0 Å². The largest absolute Gasteiger partial charge is 0.453 e. The molecule has 1 aliphatic rings. The van der Waals surface area contributed by atoms with Crippen LogP contribution in [0, 0.1) is 11.8 Å². The summed E-state index contributed by atoms with van der Waals surface area (Å²) in [5.74, 6) is 0.736. The molecule has 6 rings (SSSR count). The van der Waals surface area contributed by atoms with Crippen molar-refractivity contribution in [1.82, 2.24) is 40.8 Å². The molecule has 0 unspecified atom stereocenters. The van der Waals surface area contributed by atoms with Gasteiger partial charge in [-0.1, -0.05) is 89.3 Å². The van der Waals surface area contributed by atoms with Crippen molar-refractivity contribution < 1.29 is 28.7 Å². The highest BCUT2D eigenvalue weighted by atomic mass is 28.3. The molecule has 305 valence electrons. The highest BCUT2D eigenvalue weighted by Crippen LogP contribution is 2.34. The van der Waals surface area contributed by atoms with Crippen molar-refractivity contribution in [3.8, 4) is 33.6 Å². The number of nitrogens with zero attached hydrogens (tertiary/aromatic N) is 3. The van der Waals surface area contributed by atoms with E-state index in [1.54, 1.807) is 6.20 Å². The van der Waals surface area contributed by atoms with Gasteiger partial charge in [0.25, 0.3) is 0 Å². The Kier molecular flexibility index (Phi) is 13.0. The number of hydrogen-bond donors (Lipinski definition) is 5. The molecule has 0 spiro atoms. The van der Waals surface area contributed by atoms with E-state index in [0.29, 0.717) is 12.4 Å². The van der Waals surface area contributed by atoms with Gasteiger partial charge in [0.05, 0.1) is 58.5 Å². The number of alkyl carbamates (subject to hydrolysis) is 2. The van der Waals surface area contributed by atoms with E-state index < -0.39 is 33.1 Å². The average molecular weight is 806 g/mol. The van der Waals surface area contributed by atoms with Gasteiger partial charge >= 0.3 is 12.2 Å². The second-order valence-corrected chi connectivity index (χ2v) is 18.4. The fraction of sp³-hybridized carbons (Fsp3) is 0.395. The molecule has 1 radical (unpaired) electrons. The summed E-state index contributed by atoms with van der Waals surface area (Å²) in [6, 6.07) is 19.4. The van der Waals surface area contributed by atoms with Gasteiger partial charge in [-0.15, -0.1) is 0 Å². The molecular weight excluding hydrogens is 753 g/mol. The van der Waals surface area contributed by atoms with E-state index in [1.165, 1.54) is 14.2 Å². The minimum Gasteiger partial charge on any atom is -0.453 e. The molecular formula is C43H53N8O6Si. The summed E-state index contributed by atoms with van der Waals surface area (Å²) in [7, 11) is 1.49. The fourth-order valence-corrected chi connectivity index (χ4v) is 8.47. The highest BCUT2D eigenvalue weighted by Gasteiger charge is 2.37. The van der Waals surface area contributed by atoms with Crippen molar-refractivity contribution in [2.24, 2.45) is 11.8 Å². The molecule has 14 nitrogen and oxygen atoms in total. The van der Waals surface area contributed by atoms with Crippen molar-refractivity contribution in [3.05, 3.63) is 84.7 Å². The number of carbonyl (C=O) groups is 4. The number of likely N-dealkylation sites (tertiary alicyclic amines) is 1. The first kappa shape index (κ1) is 41.7. The first-order chi connectivity index (χ1) is 27.8. The zero-order chi connectivity index (χ0) is 41.7. The van der Waals surface area contributed by atoms with Crippen LogP contribution < -0.4 is 16.0 Å². The molecule has 1 aliphatic heterocycles. The lowest BCUT2D eigenvalue weighted by Gasteiger charge is -2.30. The van der Waals surface area contributed by atoms with Crippen LogP contribution in [-0.4, -0.2) is 90.5 Å². The molecule has 15 heteroatoms. The summed E-state index contributed by atoms with van der Waals surface area (Å²) in [6.45, 7) is 12.4. The van der Waals surface area contributed by atoms with Crippen LogP contribution in [0.5, 0.6) is 0 Å². The topological polar surface area (TPSA) is 183 Å². The summed E-state index contributed by atoms with van der Waals surface area (Å²) in [4.78, 5) is 68.7. The molecule has 3 heterocycles.